The third-order valence-electron chi connectivity index (χ3n) is 4.95. The minimum absolute atomic E-state index is 0. The van der Waals surface area contributed by atoms with E-state index in [1.807, 2.05) is 60.6 Å². The average Bonchev–Trinajstić information content (AvgIpc) is 3.25. The highest BCUT2D eigenvalue weighted by Crippen LogP contribution is 2.16. The number of H-pyrrole nitrogens is 1. The van der Waals surface area contributed by atoms with Gasteiger partial charge in [-0.25, -0.2) is 4.98 Å². The number of aliphatic imine (C=N–C) groups is 1. The van der Waals surface area contributed by atoms with E-state index in [1.165, 1.54) is 0 Å². The molecule has 0 aliphatic heterocycles. The molecule has 0 aliphatic carbocycles. The summed E-state index contributed by atoms with van der Waals surface area (Å²) in [4.78, 5) is 28.0. The van der Waals surface area contributed by atoms with E-state index in [1.54, 1.807) is 26.0 Å². The fourth-order valence-electron chi connectivity index (χ4n) is 3.33. The molecule has 2 aromatic carbocycles. The van der Waals surface area contributed by atoms with Gasteiger partial charge in [-0.15, -0.1) is 24.0 Å². The van der Waals surface area contributed by atoms with Gasteiger partial charge in [-0.2, -0.15) is 0 Å². The van der Waals surface area contributed by atoms with E-state index in [0.29, 0.717) is 18.7 Å². The molecular formula is C24H31IN6O. The van der Waals surface area contributed by atoms with Gasteiger partial charge in [-0.1, -0.05) is 42.5 Å². The van der Waals surface area contributed by atoms with Crippen molar-refractivity contribution in [2.24, 2.45) is 4.99 Å². The third kappa shape index (κ3) is 6.81. The van der Waals surface area contributed by atoms with E-state index in [0.717, 1.165) is 35.0 Å². The molecule has 0 atom stereocenters. The summed E-state index contributed by atoms with van der Waals surface area (Å²) in [5.74, 6) is 1.68. The summed E-state index contributed by atoms with van der Waals surface area (Å²) in [5, 5.41) is 3.39. The van der Waals surface area contributed by atoms with Gasteiger partial charge in [0.25, 0.3) is 5.91 Å². The maximum Gasteiger partial charge on any atom is 0.253 e. The van der Waals surface area contributed by atoms with Crippen molar-refractivity contribution in [3.05, 3.63) is 77.7 Å². The number of hydrogen-bond acceptors (Lipinski definition) is 3. The molecule has 0 radical (unpaired) electrons. The number of aromatic nitrogens is 2. The first-order chi connectivity index (χ1) is 15.0. The Hall–Kier alpha value is -2.88. The van der Waals surface area contributed by atoms with Crippen LogP contribution in [0.1, 0.15) is 21.7 Å². The van der Waals surface area contributed by atoms with Crippen molar-refractivity contribution in [3.8, 4) is 11.3 Å². The van der Waals surface area contributed by atoms with Crippen molar-refractivity contribution < 1.29 is 4.79 Å². The number of hydrogen-bond donors (Lipinski definition) is 2. The number of rotatable bonds is 7. The lowest BCUT2D eigenvalue weighted by Crippen LogP contribution is -2.39. The second-order valence-electron chi connectivity index (χ2n) is 7.59. The van der Waals surface area contributed by atoms with Gasteiger partial charge in [0.2, 0.25) is 0 Å². The number of guanidine groups is 1. The zero-order chi connectivity index (χ0) is 22.2. The van der Waals surface area contributed by atoms with E-state index in [4.69, 9.17) is 0 Å². The normalized spacial score (nSPS) is 10.9. The van der Waals surface area contributed by atoms with Gasteiger partial charge < -0.3 is 20.1 Å². The third-order valence-corrected chi connectivity index (χ3v) is 4.95. The molecule has 0 fully saturated rings. The largest absolute Gasteiger partial charge is 0.356 e. The summed E-state index contributed by atoms with van der Waals surface area (Å²) in [5.41, 5.74) is 3.92. The Morgan fingerprint density at radius 1 is 1.09 bits per heavy atom. The number of carbonyl (C=O) groups is 1. The number of imidazole rings is 1. The van der Waals surface area contributed by atoms with Crippen molar-refractivity contribution in [3.63, 3.8) is 0 Å². The molecule has 1 aromatic heterocycles. The van der Waals surface area contributed by atoms with E-state index < -0.39 is 0 Å². The van der Waals surface area contributed by atoms with Crippen LogP contribution in [0.4, 0.5) is 0 Å². The first kappa shape index (κ1) is 25.4. The van der Waals surface area contributed by atoms with Crippen molar-refractivity contribution in [1.29, 1.82) is 0 Å². The lowest BCUT2D eigenvalue weighted by atomic mass is 10.1. The van der Waals surface area contributed by atoms with Crippen molar-refractivity contribution in [2.75, 3.05) is 34.7 Å². The number of nitrogens with one attached hydrogen (secondary N) is 2. The summed E-state index contributed by atoms with van der Waals surface area (Å²) in [6.45, 7) is 1.32. The lowest BCUT2D eigenvalue weighted by molar-refractivity contribution is 0.0827. The topological polar surface area (TPSA) is 76.6 Å². The molecule has 8 heteroatoms. The maximum absolute atomic E-state index is 12.2. The Bertz CT molecular complexity index is 1030. The van der Waals surface area contributed by atoms with Crippen LogP contribution in [0.3, 0.4) is 0 Å². The number of aromatic amines is 1. The van der Waals surface area contributed by atoms with E-state index in [2.05, 4.69) is 32.4 Å². The molecule has 3 rings (SSSR count). The first-order valence-electron chi connectivity index (χ1n) is 10.3. The molecule has 0 spiro atoms. The van der Waals surface area contributed by atoms with Crippen LogP contribution in [-0.2, 0) is 13.0 Å². The fourth-order valence-corrected chi connectivity index (χ4v) is 3.33. The Morgan fingerprint density at radius 3 is 2.53 bits per heavy atom. The minimum atomic E-state index is 0. The van der Waals surface area contributed by atoms with Crippen LogP contribution in [0.2, 0.25) is 0 Å². The van der Waals surface area contributed by atoms with Gasteiger partial charge in [-0.3, -0.25) is 9.79 Å². The summed E-state index contributed by atoms with van der Waals surface area (Å²) in [7, 11) is 7.28. The SMILES string of the molecule is CN=C(NCCc1cccc(C(=O)N(C)C)c1)N(C)Cc1ncc(-c2ccccc2)[nH]1.I. The van der Waals surface area contributed by atoms with Gasteiger partial charge in [-0.05, 0) is 29.7 Å². The van der Waals surface area contributed by atoms with Crippen molar-refractivity contribution >= 4 is 35.8 Å². The van der Waals surface area contributed by atoms with Gasteiger partial charge in [0.15, 0.2) is 5.96 Å². The van der Waals surface area contributed by atoms with Gasteiger partial charge in [0.05, 0.1) is 18.4 Å². The molecule has 2 N–H and O–H groups in total. The zero-order valence-corrected chi connectivity index (χ0v) is 21.3. The number of nitrogens with zero attached hydrogens (tertiary/aromatic N) is 4. The summed E-state index contributed by atoms with van der Waals surface area (Å²) in [6.07, 6.45) is 2.65. The van der Waals surface area contributed by atoms with E-state index >= 15 is 0 Å². The fraction of sp³-hybridized carbons (Fsp3) is 0.292. The van der Waals surface area contributed by atoms with Gasteiger partial charge in [0.1, 0.15) is 5.82 Å². The summed E-state index contributed by atoms with van der Waals surface area (Å²) in [6, 6.07) is 17.9. The smallest absolute Gasteiger partial charge is 0.253 e. The van der Waals surface area contributed by atoms with Crippen molar-refractivity contribution in [2.45, 2.75) is 13.0 Å². The van der Waals surface area contributed by atoms with Crippen LogP contribution in [0, 0.1) is 0 Å². The molecule has 0 bridgehead atoms. The zero-order valence-electron chi connectivity index (χ0n) is 19.0. The molecule has 1 heterocycles. The molecule has 0 saturated carbocycles. The standard InChI is InChI=1S/C24H30N6O.HI/c1-25-24(26-14-13-18-9-8-12-20(15-18)23(31)29(2)3)30(4)17-22-27-16-21(28-22)19-10-6-5-7-11-19;/h5-12,15-16H,13-14,17H2,1-4H3,(H,25,26)(H,27,28);1H. The molecule has 170 valence electrons. The predicted octanol–water partition coefficient (Wildman–Crippen LogP) is 3.65. The summed E-state index contributed by atoms with van der Waals surface area (Å²) >= 11 is 0. The van der Waals surface area contributed by atoms with E-state index in [-0.39, 0.29) is 29.9 Å². The van der Waals surface area contributed by atoms with Gasteiger partial charge in [0, 0.05) is 40.3 Å². The molecule has 1 amide bonds. The Balaban J connectivity index is 0.00000363. The minimum Gasteiger partial charge on any atom is -0.356 e. The van der Waals surface area contributed by atoms with Crippen molar-refractivity contribution in [1.82, 2.24) is 25.1 Å². The average molecular weight is 546 g/mol. The predicted molar refractivity (Wildman–Crippen MR) is 140 cm³/mol. The molecule has 0 aliphatic rings. The van der Waals surface area contributed by atoms with Crippen LogP contribution in [0.5, 0.6) is 0 Å². The molecule has 0 unspecified atom stereocenters. The quantitative estimate of drug-likeness (QED) is 0.270. The first-order valence-corrected chi connectivity index (χ1v) is 10.3. The second kappa shape index (κ2) is 12.2. The van der Waals surface area contributed by atoms with Crippen LogP contribution in [-0.4, -0.2) is 66.4 Å². The Kier molecular flexibility index (Phi) is 9.70. The summed E-state index contributed by atoms with van der Waals surface area (Å²) < 4.78 is 0. The Morgan fingerprint density at radius 2 is 1.84 bits per heavy atom. The lowest BCUT2D eigenvalue weighted by Gasteiger charge is -2.21. The molecule has 3 aromatic rings. The highest BCUT2D eigenvalue weighted by atomic mass is 127. The van der Waals surface area contributed by atoms with Gasteiger partial charge >= 0.3 is 0 Å². The second-order valence-corrected chi connectivity index (χ2v) is 7.59. The molecule has 7 nitrogen and oxygen atoms in total. The number of carbonyl (C=O) groups excluding carboxylic acids is 1. The number of benzene rings is 2. The van der Waals surface area contributed by atoms with E-state index in [9.17, 15) is 4.79 Å². The maximum atomic E-state index is 12.2. The highest BCUT2D eigenvalue weighted by molar-refractivity contribution is 14.0. The monoisotopic (exact) mass is 546 g/mol. The number of halogens is 1. The van der Waals surface area contributed by atoms with Crippen LogP contribution in [0.25, 0.3) is 11.3 Å². The van der Waals surface area contributed by atoms with Crippen LogP contribution < -0.4 is 5.32 Å². The number of amides is 1. The molecule has 32 heavy (non-hydrogen) atoms. The van der Waals surface area contributed by atoms with Crippen LogP contribution >= 0.6 is 24.0 Å². The highest BCUT2D eigenvalue weighted by Gasteiger charge is 2.11. The Labute approximate surface area is 207 Å². The molecule has 0 saturated heterocycles. The van der Waals surface area contributed by atoms with Crippen LogP contribution in [0.15, 0.2) is 65.8 Å². The molecular weight excluding hydrogens is 515 g/mol.